The highest BCUT2D eigenvalue weighted by atomic mass is 35.5. The molecule has 0 unspecified atom stereocenters. The van der Waals surface area contributed by atoms with E-state index in [4.69, 9.17) is 20.8 Å². The second-order valence-electron chi connectivity index (χ2n) is 4.30. The molecule has 2 aromatic carbocycles. The number of esters is 1. The fraction of sp³-hybridized carbons (Fsp3) is 0.0625. The van der Waals surface area contributed by atoms with E-state index < -0.39 is 5.97 Å². The molecular weight excluding hydrogens is 276 g/mol. The van der Waals surface area contributed by atoms with Crippen LogP contribution in [0.4, 0.5) is 0 Å². The number of carbonyl (C=O) groups excluding carboxylic acids is 1. The van der Waals surface area contributed by atoms with Gasteiger partial charge in [-0.25, -0.2) is 4.79 Å². The molecule has 0 bridgehead atoms. The highest BCUT2D eigenvalue weighted by Crippen LogP contribution is 2.34. The summed E-state index contributed by atoms with van der Waals surface area (Å²) in [6.45, 7) is 0. The van der Waals surface area contributed by atoms with Crippen LogP contribution in [0, 0.1) is 0 Å². The van der Waals surface area contributed by atoms with Gasteiger partial charge in [-0.15, -0.1) is 0 Å². The van der Waals surface area contributed by atoms with Crippen molar-refractivity contribution in [3.8, 4) is 11.3 Å². The minimum Gasteiger partial charge on any atom is -0.465 e. The Morgan fingerprint density at radius 1 is 1.10 bits per heavy atom. The SMILES string of the molecule is COC(=O)c1c(-c2ccc(Cl)cc2)oc2ccccc12. The second kappa shape index (κ2) is 5.02. The number of hydrogen-bond acceptors (Lipinski definition) is 3. The molecule has 0 spiro atoms. The van der Waals surface area contributed by atoms with Gasteiger partial charge in [0.1, 0.15) is 16.9 Å². The molecule has 100 valence electrons. The number of hydrogen-bond donors (Lipinski definition) is 0. The zero-order valence-corrected chi connectivity index (χ0v) is 11.5. The van der Waals surface area contributed by atoms with Gasteiger partial charge < -0.3 is 9.15 Å². The third-order valence-electron chi connectivity index (χ3n) is 3.09. The molecular formula is C16H11ClO3. The van der Waals surface area contributed by atoms with Crippen LogP contribution in [0.25, 0.3) is 22.3 Å². The topological polar surface area (TPSA) is 39.4 Å². The van der Waals surface area contributed by atoms with Crippen LogP contribution in [-0.2, 0) is 4.74 Å². The molecule has 0 amide bonds. The van der Waals surface area contributed by atoms with Crippen LogP contribution in [-0.4, -0.2) is 13.1 Å². The Kier molecular flexibility index (Phi) is 3.20. The number of carbonyl (C=O) groups is 1. The summed E-state index contributed by atoms with van der Waals surface area (Å²) in [5, 5.41) is 1.37. The van der Waals surface area contributed by atoms with Gasteiger partial charge in [0.05, 0.1) is 7.11 Å². The molecule has 0 radical (unpaired) electrons. The van der Waals surface area contributed by atoms with Crippen molar-refractivity contribution in [1.29, 1.82) is 0 Å². The monoisotopic (exact) mass is 286 g/mol. The van der Waals surface area contributed by atoms with Crippen molar-refractivity contribution < 1.29 is 13.9 Å². The highest BCUT2D eigenvalue weighted by Gasteiger charge is 2.22. The molecule has 0 N–H and O–H groups in total. The average molecular weight is 287 g/mol. The molecule has 0 aliphatic heterocycles. The van der Waals surface area contributed by atoms with Gasteiger partial charge in [0.25, 0.3) is 0 Å². The van der Waals surface area contributed by atoms with Crippen molar-refractivity contribution in [2.24, 2.45) is 0 Å². The molecule has 4 heteroatoms. The van der Waals surface area contributed by atoms with Gasteiger partial charge in [-0.3, -0.25) is 0 Å². The molecule has 1 heterocycles. The maximum Gasteiger partial charge on any atom is 0.342 e. The lowest BCUT2D eigenvalue weighted by Gasteiger charge is -2.01. The zero-order valence-electron chi connectivity index (χ0n) is 10.7. The number of fused-ring (bicyclic) bond motifs is 1. The summed E-state index contributed by atoms with van der Waals surface area (Å²) < 4.78 is 10.7. The molecule has 0 saturated heterocycles. The predicted octanol–water partition coefficient (Wildman–Crippen LogP) is 4.54. The fourth-order valence-electron chi connectivity index (χ4n) is 2.15. The Balaban J connectivity index is 2.29. The summed E-state index contributed by atoms with van der Waals surface area (Å²) in [5.41, 5.74) is 1.87. The minimum atomic E-state index is -0.417. The van der Waals surface area contributed by atoms with Gasteiger partial charge in [0, 0.05) is 16.0 Å². The van der Waals surface area contributed by atoms with E-state index in [-0.39, 0.29) is 0 Å². The maximum absolute atomic E-state index is 12.0. The Labute approximate surface area is 120 Å². The van der Waals surface area contributed by atoms with E-state index in [1.807, 2.05) is 36.4 Å². The Morgan fingerprint density at radius 3 is 2.50 bits per heavy atom. The first-order chi connectivity index (χ1) is 9.70. The Morgan fingerprint density at radius 2 is 1.80 bits per heavy atom. The normalized spacial score (nSPS) is 10.7. The van der Waals surface area contributed by atoms with Gasteiger partial charge in [-0.05, 0) is 30.3 Å². The van der Waals surface area contributed by atoms with E-state index in [0.717, 1.165) is 10.9 Å². The van der Waals surface area contributed by atoms with Crippen LogP contribution in [0.5, 0.6) is 0 Å². The van der Waals surface area contributed by atoms with Gasteiger partial charge >= 0.3 is 5.97 Å². The van der Waals surface area contributed by atoms with Crippen molar-refractivity contribution >= 4 is 28.5 Å². The Hall–Kier alpha value is -2.26. The number of furan rings is 1. The zero-order chi connectivity index (χ0) is 14.1. The summed E-state index contributed by atoms with van der Waals surface area (Å²) in [7, 11) is 1.36. The van der Waals surface area contributed by atoms with E-state index in [2.05, 4.69) is 0 Å². The minimum absolute atomic E-state index is 0.417. The van der Waals surface area contributed by atoms with Crippen molar-refractivity contribution in [3.05, 3.63) is 59.1 Å². The summed E-state index contributed by atoms with van der Waals surface area (Å²) in [6.07, 6.45) is 0. The van der Waals surface area contributed by atoms with E-state index in [0.29, 0.717) is 21.9 Å². The molecule has 3 nitrogen and oxygen atoms in total. The summed E-state index contributed by atoms with van der Waals surface area (Å²) >= 11 is 5.89. The predicted molar refractivity (Wildman–Crippen MR) is 78.0 cm³/mol. The van der Waals surface area contributed by atoms with E-state index in [9.17, 15) is 4.79 Å². The molecule has 0 fully saturated rings. The van der Waals surface area contributed by atoms with Gasteiger partial charge in [-0.2, -0.15) is 0 Å². The number of para-hydroxylation sites is 1. The molecule has 3 aromatic rings. The van der Waals surface area contributed by atoms with Crippen LogP contribution < -0.4 is 0 Å². The summed E-state index contributed by atoms with van der Waals surface area (Å²) in [4.78, 5) is 12.0. The summed E-state index contributed by atoms with van der Waals surface area (Å²) in [6, 6.07) is 14.5. The average Bonchev–Trinajstić information content (AvgIpc) is 2.86. The number of methoxy groups -OCH3 is 1. The summed E-state index contributed by atoms with van der Waals surface area (Å²) in [5.74, 6) is 0.0783. The first-order valence-electron chi connectivity index (χ1n) is 6.06. The number of rotatable bonds is 2. The first-order valence-corrected chi connectivity index (χ1v) is 6.44. The van der Waals surface area contributed by atoms with Gasteiger partial charge in [-0.1, -0.05) is 29.8 Å². The molecule has 1 aromatic heterocycles. The van der Waals surface area contributed by atoms with E-state index >= 15 is 0 Å². The van der Waals surface area contributed by atoms with Gasteiger partial charge in [0.15, 0.2) is 0 Å². The lowest BCUT2D eigenvalue weighted by atomic mass is 10.1. The molecule has 3 rings (SSSR count). The number of benzene rings is 2. The smallest absolute Gasteiger partial charge is 0.342 e. The van der Waals surface area contributed by atoms with Crippen molar-refractivity contribution in [2.75, 3.05) is 7.11 Å². The molecule has 0 atom stereocenters. The van der Waals surface area contributed by atoms with Crippen molar-refractivity contribution in [3.63, 3.8) is 0 Å². The molecule has 0 saturated carbocycles. The fourth-order valence-corrected chi connectivity index (χ4v) is 2.28. The number of ether oxygens (including phenoxy) is 1. The van der Waals surface area contributed by atoms with E-state index in [1.54, 1.807) is 12.1 Å². The van der Waals surface area contributed by atoms with E-state index in [1.165, 1.54) is 7.11 Å². The third-order valence-corrected chi connectivity index (χ3v) is 3.34. The quantitative estimate of drug-likeness (QED) is 0.649. The highest BCUT2D eigenvalue weighted by molar-refractivity contribution is 6.30. The first kappa shape index (κ1) is 12.8. The lowest BCUT2D eigenvalue weighted by molar-refractivity contribution is 0.0603. The molecule has 0 aliphatic rings. The third kappa shape index (κ3) is 2.06. The van der Waals surface area contributed by atoms with Gasteiger partial charge in [0.2, 0.25) is 0 Å². The van der Waals surface area contributed by atoms with Crippen molar-refractivity contribution in [1.82, 2.24) is 0 Å². The van der Waals surface area contributed by atoms with Crippen LogP contribution in [0.3, 0.4) is 0 Å². The number of halogens is 1. The molecule has 0 aliphatic carbocycles. The standard InChI is InChI=1S/C16H11ClO3/c1-19-16(18)14-12-4-2-3-5-13(12)20-15(14)10-6-8-11(17)9-7-10/h2-9H,1H3. The lowest BCUT2D eigenvalue weighted by Crippen LogP contribution is -2.01. The van der Waals surface area contributed by atoms with Crippen LogP contribution in [0.15, 0.2) is 52.9 Å². The second-order valence-corrected chi connectivity index (χ2v) is 4.74. The van der Waals surface area contributed by atoms with Crippen LogP contribution in [0.2, 0.25) is 5.02 Å². The Bertz CT molecular complexity index is 772. The van der Waals surface area contributed by atoms with Crippen LogP contribution >= 0.6 is 11.6 Å². The van der Waals surface area contributed by atoms with Crippen molar-refractivity contribution in [2.45, 2.75) is 0 Å². The maximum atomic E-state index is 12.0. The molecule has 20 heavy (non-hydrogen) atoms. The van der Waals surface area contributed by atoms with Crippen LogP contribution in [0.1, 0.15) is 10.4 Å². The largest absolute Gasteiger partial charge is 0.465 e.